The Morgan fingerprint density at radius 3 is 2.00 bits per heavy atom. The lowest BCUT2D eigenvalue weighted by Crippen LogP contribution is -1.92. The van der Waals surface area contributed by atoms with Crippen molar-refractivity contribution in [2.45, 2.75) is 40.5 Å². The van der Waals surface area contributed by atoms with E-state index in [-0.39, 0.29) is 0 Å². The highest BCUT2D eigenvalue weighted by Crippen LogP contribution is 2.13. The number of aliphatic hydroxyl groups excluding tert-OH is 1. The third-order valence-electron chi connectivity index (χ3n) is 1.82. The molecule has 3 heteroatoms. The van der Waals surface area contributed by atoms with Crippen molar-refractivity contribution in [1.29, 1.82) is 0 Å². The van der Waals surface area contributed by atoms with Gasteiger partial charge in [-0.15, -0.1) is 6.58 Å². The summed E-state index contributed by atoms with van der Waals surface area (Å²) in [6.45, 7) is 10.7. The number of hydrogen-bond donors (Lipinski definition) is 2. The van der Waals surface area contributed by atoms with Crippen LogP contribution in [0.25, 0.3) is 0 Å². The molecule has 1 unspecified atom stereocenters. The molecule has 0 aliphatic heterocycles. The van der Waals surface area contributed by atoms with E-state index < -0.39 is 5.97 Å². The Morgan fingerprint density at radius 2 is 1.73 bits per heavy atom. The van der Waals surface area contributed by atoms with Crippen LogP contribution in [0.15, 0.2) is 24.0 Å². The highest BCUT2D eigenvalue weighted by Gasteiger charge is 1.99. The molecule has 0 aromatic heterocycles. The van der Waals surface area contributed by atoms with Crippen molar-refractivity contribution >= 4 is 5.97 Å². The lowest BCUT2D eigenvalue weighted by atomic mass is 10.0. The lowest BCUT2D eigenvalue weighted by Gasteiger charge is -2.05. The first-order valence-corrected chi connectivity index (χ1v) is 4.98. The quantitative estimate of drug-likeness (QED) is 0.556. The number of allylic oxidation sites excluding steroid dienone is 3. The van der Waals surface area contributed by atoms with Crippen LogP contribution < -0.4 is 0 Å². The number of hydrogen-bond acceptors (Lipinski definition) is 2. The molecule has 88 valence electrons. The van der Waals surface area contributed by atoms with E-state index in [2.05, 4.69) is 13.5 Å². The first kappa shape index (κ1) is 16.2. The van der Waals surface area contributed by atoms with Crippen LogP contribution in [0.3, 0.4) is 0 Å². The van der Waals surface area contributed by atoms with Crippen LogP contribution in [0, 0.1) is 5.92 Å². The fourth-order valence-corrected chi connectivity index (χ4v) is 0.732. The molecule has 15 heavy (non-hydrogen) atoms. The van der Waals surface area contributed by atoms with Gasteiger partial charge < -0.3 is 10.2 Å². The molecular weight excluding hydrogens is 192 g/mol. The summed E-state index contributed by atoms with van der Waals surface area (Å²) < 4.78 is 0. The number of aliphatic hydroxyl groups is 1. The Morgan fingerprint density at radius 1 is 1.33 bits per heavy atom. The summed E-state index contributed by atoms with van der Waals surface area (Å²) in [5, 5.41) is 16.7. The van der Waals surface area contributed by atoms with Crippen molar-refractivity contribution < 1.29 is 15.0 Å². The van der Waals surface area contributed by atoms with Gasteiger partial charge in [0, 0.05) is 13.3 Å². The van der Waals surface area contributed by atoms with Crippen LogP contribution in [0.5, 0.6) is 0 Å². The summed E-state index contributed by atoms with van der Waals surface area (Å²) in [5.74, 6) is 0.190. The van der Waals surface area contributed by atoms with Crippen molar-refractivity contribution in [3.05, 3.63) is 24.0 Å². The van der Waals surface area contributed by atoms with Crippen molar-refractivity contribution in [1.82, 2.24) is 0 Å². The maximum atomic E-state index is 9.32. The number of carboxylic acids is 1. The Kier molecular flexibility index (Phi) is 10.0. The molecular formula is C12H22O3. The number of carbonyl (C=O) groups is 1. The molecule has 0 aromatic rings. The molecule has 1 atom stereocenters. The van der Waals surface area contributed by atoms with Gasteiger partial charge in [0.2, 0.25) is 0 Å². The average Bonchev–Trinajstić information content (AvgIpc) is 2.12. The van der Waals surface area contributed by atoms with E-state index in [1.54, 1.807) is 0 Å². The van der Waals surface area contributed by atoms with E-state index in [1.807, 2.05) is 19.9 Å². The van der Waals surface area contributed by atoms with Gasteiger partial charge in [0.25, 0.3) is 5.97 Å². The molecule has 0 heterocycles. The monoisotopic (exact) mass is 214 g/mol. The second-order valence-electron chi connectivity index (χ2n) is 3.72. The van der Waals surface area contributed by atoms with Crippen molar-refractivity contribution in [3.63, 3.8) is 0 Å². The first-order chi connectivity index (χ1) is 6.81. The fourth-order valence-electron chi connectivity index (χ4n) is 0.732. The summed E-state index contributed by atoms with van der Waals surface area (Å²) >= 11 is 0. The average molecular weight is 214 g/mol. The highest BCUT2D eigenvalue weighted by molar-refractivity contribution is 5.62. The molecule has 0 amide bonds. The smallest absolute Gasteiger partial charge is 0.300 e. The Balaban J connectivity index is 0. The van der Waals surface area contributed by atoms with Crippen LogP contribution in [-0.2, 0) is 4.79 Å². The molecule has 0 aromatic carbocycles. The van der Waals surface area contributed by atoms with Crippen LogP contribution in [0.1, 0.15) is 40.5 Å². The predicted octanol–water partition coefficient (Wildman–Crippen LogP) is 3.53. The molecule has 0 rings (SSSR count). The number of carboxylic acid groups (broad SMARTS) is 1. The maximum absolute atomic E-state index is 9.32. The van der Waals surface area contributed by atoms with Gasteiger partial charge in [-0.05, 0) is 31.8 Å². The minimum Gasteiger partial charge on any atom is -0.512 e. The van der Waals surface area contributed by atoms with Crippen LogP contribution >= 0.6 is 0 Å². The predicted molar refractivity (Wildman–Crippen MR) is 62.9 cm³/mol. The van der Waals surface area contributed by atoms with Gasteiger partial charge in [-0.1, -0.05) is 13.0 Å². The molecule has 0 aliphatic rings. The third-order valence-corrected chi connectivity index (χ3v) is 1.82. The molecule has 0 fully saturated rings. The molecule has 0 saturated heterocycles. The summed E-state index contributed by atoms with van der Waals surface area (Å²) in [4.78, 5) is 9.00. The minimum absolute atomic E-state index is 0.497. The zero-order valence-corrected chi connectivity index (χ0v) is 10.1. The SMILES string of the molecule is C=CC(C)CCC(O)=C(C)C.CC(=O)O. The molecule has 0 radical (unpaired) electrons. The third kappa shape index (κ3) is 15.5. The number of rotatable bonds is 4. The topological polar surface area (TPSA) is 57.5 Å². The minimum atomic E-state index is -0.833. The highest BCUT2D eigenvalue weighted by atomic mass is 16.4. The largest absolute Gasteiger partial charge is 0.512 e. The van der Waals surface area contributed by atoms with Gasteiger partial charge in [0.05, 0.1) is 5.76 Å². The van der Waals surface area contributed by atoms with E-state index in [9.17, 15) is 5.11 Å². The summed E-state index contributed by atoms with van der Waals surface area (Å²) in [6, 6.07) is 0. The zero-order chi connectivity index (χ0) is 12.4. The second-order valence-corrected chi connectivity index (χ2v) is 3.72. The van der Waals surface area contributed by atoms with E-state index >= 15 is 0 Å². The summed E-state index contributed by atoms with van der Waals surface area (Å²) in [5.41, 5.74) is 1.02. The van der Waals surface area contributed by atoms with Gasteiger partial charge in [-0.25, -0.2) is 0 Å². The maximum Gasteiger partial charge on any atom is 0.300 e. The van der Waals surface area contributed by atoms with Gasteiger partial charge in [-0.2, -0.15) is 0 Å². The van der Waals surface area contributed by atoms with Crippen molar-refractivity contribution in [3.8, 4) is 0 Å². The van der Waals surface area contributed by atoms with Gasteiger partial charge >= 0.3 is 0 Å². The normalized spacial score (nSPS) is 10.7. The molecule has 2 N–H and O–H groups in total. The standard InChI is InChI=1S/C10H18O.C2H4O2/c1-5-9(4)6-7-10(11)8(2)3;1-2(3)4/h5,9,11H,1,6-7H2,2-4H3;1H3,(H,3,4). The Bertz CT molecular complexity index is 221. The lowest BCUT2D eigenvalue weighted by molar-refractivity contribution is -0.134. The molecule has 0 saturated carbocycles. The van der Waals surface area contributed by atoms with Crippen molar-refractivity contribution in [2.75, 3.05) is 0 Å². The van der Waals surface area contributed by atoms with E-state index in [0.717, 1.165) is 25.3 Å². The van der Waals surface area contributed by atoms with E-state index in [0.29, 0.717) is 11.7 Å². The summed E-state index contributed by atoms with van der Waals surface area (Å²) in [6.07, 6.45) is 3.67. The van der Waals surface area contributed by atoms with Crippen molar-refractivity contribution in [2.24, 2.45) is 5.92 Å². The van der Waals surface area contributed by atoms with Crippen LogP contribution in [-0.4, -0.2) is 16.2 Å². The fraction of sp³-hybridized carbons (Fsp3) is 0.583. The molecule has 0 aliphatic carbocycles. The second kappa shape index (κ2) is 9.31. The zero-order valence-electron chi connectivity index (χ0n) is 10.1. The van der Waals surface area contributed by atoms with Crippen LogP contribution in [0.2, 0.25) is 0 Å². The molecule has 0 bridgehead atoms. The van der Waals surface area contributed by atoms with Gasteiger partial charge in [-0.3, -0.25) is 4.79 Å². The number of aliphatic carboxylic acids is 1. The van der Waals surface area contributed by atoms with Crippen LogP contribution in [0.4, 0.5) is 0 Å². The Hall–Kier alpha value is -1.25. The Labute approximate surface area is 92.1 Å². The van der Waals surface area contributed by atoms with Gasteiger partial charge in [0.15, 0.2) is 0 Å². The van der Waals surface area contributed by atoms with E-state index in [1.165, 1.54) is 0 Å². The summed E-state index contributed by atoms with van der Waals surface area (Å²) in [7, 11) is 0. The molecule has 3 nitrogen and oxygen atoms in total. The van der Waals surface area contributed by atoms with Gasteiger partial charge in [0.1, 0.15) is 0 Å². The molecule has 0 spiro atoms. The first-order valence-electron chi connectivity index (χ1n) is 4.98. The van der Waals surface area contributed by atoms with E-state index in [4.69, 9.17) is 9.90 Å².